The van der Waals surface area contributed by atoms with Crippen molar-refractivity contribution >= 4 is 23.2 Å². The lowest BCUT2D eigenvalue weighted by Gasteiger charge is -2.18. The first-order valence-corrected chi connectivity index (χ1v) is 13.4. The number of alkyl halides is 1. The molecular formula is C33H33F2NO2. The van der Waals surface area contributed by atoms with Crippen LogP contribution < -0.4 is 0 Å². The van der Waals surface area contributed by atoms with Crippen molar-refractivity contribution in [3.05, 3.63) is 111 Å². The Morgan fingerprint density at radius 3 is 2.53 bits per heavy atom. The summed E-state index contributed by atoms with van der Waals surface area (Å²) < 4.78 is 26.5. The molecule has 0 amide bonds. The van der Waals surface area contributed by atoms with Crippen LogP contribution in [0.4, 0.5) is 8.78 Å². The molecule has 3 aromatic rings. The molecule has 3 nitrogen and oxygen atoms in total. The molecule has 0 unspecified atom stereocenters. The van der Waals surface area contributed by atoms with E-state index in [0.29, 0.717) is 12.0 Å². The molecule has 1 fully saturated rings. The minimum Gasteiger partial charge on any atom is -0.478 e. The highest BCUT2D eigenvalue weighted by Crippen LogP contribution is 2.41. The third-order valence-electron chi connectivity index (χ3n) is 7.66. The van der Waals surface area contributed by atoms with E-state index in [4.69, 9.17) is 0 Å². The highest BCUT2D eigenvalue weighted by atomic mass is 19.1. The van der Waals surface area contributed by atoms with Gasteiger partial charge >= 0.3 is 5.97 Å². The SMILES string of the molecule is Cc1cc(F)ccc1C1=C(c2ccc(C=C3CCN(CCCF)C3)cc2)c2ccc(C(=O)O)cc2CCC1. The van der Waals surface area contributed by atoms with Crippen LogP contribution in [0, 0.1) is 12.7 Å². The molecule has 1 heterocycles. The number of halogens is 2. The van der Waals surface area contributed by atoms with E-state index in [0.717, 1.165) is 89.8 Å². The van der Waals surface area contributed by atoms with Gasteiger partial charge in [-0.25, -0.2) is 9.18 Å². The van der Waals surface area contributed by atoms with Gasteiger partial charge in [0, 0.05) is 19.6 Å². The molecule has 0 spiro atoms. The van der Waals surface area contributed by atoms with Gasteiger partial charge in [-0.2, -0.15) is 0 Å². The van der Waals surface area contributed by atoms with Gasteiger partial charge in [-0.1, -0.05) is 48.0 Å². The van der Waals surface area contributed by atoms with Crippen molar-refractivity contribution in [1.82, 2.24) is 4.90 Å². The highest BCUT2D eigenvalue weighted by Gasteiger charge is 2.22. The fraction of sp³-hybridized carbons (Fsp3) is 0.303. The topological polar surface area (TPSA) is 40.5 Å². The Kier molecular flexibility index (Phi) is 7.85. The van der Waals surface area contributed by atoms with Crippen LogP contribution in [0.1, 0.15) is 69.4 Å². The number of likely N-dealkylation sites (tertiary alicyclic amines) is 1. The molecule has 0 bridgehead atoms. The maximum Gasteiger partial charge on any atom is 0.335 e. The van der Waals surface area contributed by atoms with Crippen LogP contribution in [-0.2, 0) is 6.42 Å². The van der Waals surface area contributed by atoms with Crippen LogP contribution in [0.5, 0.6) is 0 Å². The van der Waals surface area contributed by atoms with Crippen LogP contribution >= 0.6 is 0 Å². The van der Waals surface area contributed by atoms with Crippen LogP contribution in [0.15, 0.2) is 66.2 Å². The fourth-order valence-corrected chi connectivity index (χ4v) is 5.81. The summed E-state index contributed by atoms with van der Waals surface area (Å²) in [5, 5.41) is 9.57. The first kappa shape index (κ1) is 26.1. The van der Waals surface area contributed by atoms with Gasteiger partial charge < -0.3 is 5.11 Å². The number of carboxylic acid groups (broad SMARTS) is 1. The lowest BCUT2D eigenvalue weighted by atomic mass is 9.86. The van der Waals surface area contributed by atoms with E-state index in [1.54, 1.807) is 18.2 Å². The summed E-state index contributed by atoms with van der Waals surface area (Å²) in [6, 6.07) is 18.9. The number of fused-ring (bicyclic) bond motifs is 1. The number of aryl methyl sites for hydroxylation is 2. The molecule has 0 aromatic heterocycles. The maximum atomic E-state index is 14.0. The second-order valence-corrected chi connectivity index (χ2v) is 10.3. The molecule has 1 N–H and O–H groups in total. The second-order valence-electron chi connectivity index (χ2n) is 10.3. The fourth-order valence-electron chi connectivity index (χ4n) is 5.81. The number of allylic oxidation sites excluding steroid dienone is 1. The van der Waals surface area contributed by atoms with E-state index in [9.17, 15) is 18.7 Å². The molecule has 1 saturated heterocycles. The molecule has 0 atom stereocenters. The van der Waals surface area contributed by atoms with E-state index in [2.05, 4.69) is 35.2 Å². The van der Waals surface area contributed by atoms with E-state index >= 15 is 0 Å². The van der Waals surface area contributed by atoms with Gasteiger partial charge in [-0.15, -0.1) is 0 Å². The number of hydrogen-bond donors (Lipinski definition) is 1. The molecule has 0 saturated carbocycles. The summed E-state index contributed by atoms with van der Waals surface area (Å²) in [6.07, 6.45) is 6.31. The van der Waals surface area contributed by atoms with Gasteiger partial charge in [0.15, 0.2) is 0 Å². The Labute approximate surface area is 223 Å². The van der Waals surface area contributed by atoms with Gasteiger partial charge in [0.05, 0.1) is 12.2 Å². The molecule has 1 aliphatic heterocycles. The monoisotopic (exact) mass is 513 g/mol. The van der Waals surface area contributed by atoms with Crippen LogP contribution in [-0.4, -0.2) is 42.3 Å². The Balaban J connectivity index is 1.56. The predicted molar refractivity (Wildman–Crippen MR) is 149 cm³/mol. The minimum absolute atomic E-state index is 0.249. The Hall–Kier alpha value is -3.57. The number of hydrogen-bond acceptors (Lipinski definition) is 2. The first-order chi connectivity index (χ1) is 18.4. The normalized spacial score (nSPS) is 17.1. The number of aromatic carboxylic acids is 1. The van der Waals surface area contributed by atoms with Gasteiger partial charge in [-0.05, 0) is 108 Å². The minimum atomic E-state index is -0.926. The average Bonchev–Trinajstić information content (AvgIpc) is 3.26. The highest BCUT2D eigenvalue weighted by molar-refractivity contribution is 6.01. The summed E-state index contributed by atoms with van der Waals surface area (Å²) in [6.45, 7) is 4.34. The Bertz CT molecular complexity index is 1400. The summed E-state index contributed by atoms with van der Waals surface area (Å²) >= 11 is 0. The summed E-state index contributed by atoms with van der Waals surface area (Å²) in [4.78, 5) is 14.0. The van der Waals surface area contributed by atoms with Crippen molar-refractivity contribution in [3.8, 4) is 0 Å². The zero-order valence-electron chi connectivity index (χ0n) is 21.8. The zero-order chi connectivity index (χ0) is 26.6. The van der Waals surface area contributed by atoms with E-state index in [-0.39, 0.29) is 12.5 Å². The Morgan fingerprint density at radius 1 is 1.00 bits per heavy atom. The number of carboxylic acids is 1. The average molecular weight is 514 g/mol. The molecule has 5 rings (SSSR count). The summed E-state index contributed by atoms with van der Waals surface area (Å²) in [5.74, 6) is -1.18. The standard InChI is InChI=1S/C33H33F2NO2/c1-22-18-28(35)11-13-29(22)31-5-2-4-26-20-27(33(37)38)10-12-30(26)32(31)25-8-6-23(7-9-25)19-24-14-17-36(21-24)16-3-15-34/h6-13,18-20H,2-5,14-17,21H2,1H3,(H,37,38). The molecule has 5 heteroatoms. The van der Waals surface area contributed by atoms with Crippen molar-refractivity contribution in [2.75, 3.05) is 26.3 Å². The maximum absolute atomic E-state index is 14.0. The quantitative estimate of drug-likeness (QED) is 0.354. The van der Waals surface area contributed by atoms with Crippen LogP contribution in [0.2, 0.25) is 0 Å². The van der Waals surface area contributed by atoms with E-state index in [1.807, 2.05) is 19.1 Å². The molecule has 38 heavy (non-hydrogen) atoms. The van der Waals surface area contributed by atoms with Crippen LogP contribution in [0.25, 0.3) is 17.2 Å². The van der Waals surface area contributed by atoms with Gasteiger partial charge in [-0.3, -0.25) is 9.29 Å². The van der Waals surface area contributed by atoms with Gasteiger partial charge in [0.1, 0.15) is 5.82 Å². The van der Waals surface area contributed by atoms with E-state index in [1.165, 1.54) is 11.6 Å². The predicted octanol–water partition coefficient (Wildman–Crippen LogP) is 7.58. The molecule has 196 valence electrons. The summed E-state index contributed by atoms with van der Waals surface area (Å²) in [7, 11) is 0. The lowest BCUT2D eigenvalue weighted by molar-refractivity contribution is 0.0696. The number of rotatable bonds is 7. The number of benzene rings is 3. The molecule has 3 aromatic carbocycles. The van der Waals surface area contributed by atoms with Gasteiger partial charge in [0.25, 0.3) is 0 Å². The molecule has 0 radical (unpaired) electrons. The van der Waals surface area contributed by atoms with E-state index < -0.39 is 5.97 Å². The smallest absolute Gasteiger partial charge is 0.335 e. The van der Waals surface area contributed by atoms with Crippen LogP contribution in [0.3, 0.4) is 0 Å². The molecular weight excluding hydrogens is 480 g/mol. The second kappa shape index (κ2) is 11.4. The lowest BCUT2D eigenvalue weighted by Crippen LogP contribution is -2.20. The Morgan fingerprint density at radius 2 is 1.79 bits per heavy atom. The molecule has 2 aliphatic rings. The zero-order valence-corrected chi connectivity index (χ0v) is 21.8. The van der Waals surface area contributed by atoms with Crippen molar-refractivity contribution in [2.24, 2.45) is 0 Å². The van der Waals surface area contributed by atoms with Crippen molar-refractivity contribution < 1.29 is 18.7 Å². The van der Waals surface area contributed by atoms with Crippen molar-refractivity contribution in [2.45, 2.75) is 39.0 Å². The van der Waals surface area contributed by atoms with Gasteiger partial charge in [0.2, 0.25) is 0 Å². The molecule has 1 aliphatic carbocycles. The van der Waals surface area contributed by atoms with Crippen molar-refractivity contribution in [3.63, 3.8) is 0 Å². The summed E-state index contributed by atoms with van der Waals surface area (Å²) in [5.41, 5.74) is 10.1. The largest absolute Gasteiger partial charge is 0.478 e. The third kappa shape index (κ3) is 5.63. The number of carbonyl (C=O) groups is 1. The first-order valence-electron chi connectivity index (χ1n) is 13.4. The number of nitrogens with zero attached hydrogens (tertiary/aromatic N) is 1. The third-order valence-corrected chi connectivity index (χ3v) is 7.66. The van der Waals surface area contributed by atoms with Crippen molar-refractivity contribution in [1.29, 1.82) is 0 Å².